The molecule has 3 aliphatic rings. The summed E-state index contributed by atoms with van der Waals surface area (Å²) in [5.74, 6) is 0.696. The normalized spacial score (nSPS) is 23.5. The highest BCUT2D eigenvalue weighted by molar-refractivity contribution is 5.84. The van der Waals surface area contributed by atoms with Crippen LogP contribution in [0.15, 0.2) is 24.7 Å². The SMILES string of the molecule is FC(F)(F)c1ccc2c(cnn2C2CCCCO2)c1C1CCc2c(ncnc2N2CCCCC2)C1. The van der Waals surface area contributed by atoms with Crippen LogP contribution in [0.25, 0.3) is 10.9 Å². The van der Waals surface area contributed by atoms with Gasteiger partial charge in [-0.25, -0.2) is 14.6 Å². The van der Waals surface area contributed by atoms with Gasteiger partial charge in [0.15, 0.2) is 6.23 Å². The van der Waals surface area contributed by atoms with Crippen LogP contribution in [0.3, 0.4) is 0 Å². The van der Waals surface area contributed by atoms with Gasteiger partial charge in [0.2, 0.25) is 0 Å². The number of nitrogens with zero attached hydrogens (tertiary/aromatic N) is 5. The zero-order chi connectivity index (χ0) is 24.0. The maximum Gasteiger partial charge on any atom is 0.416 e. The molecule has 0 N–H and O–H groups in total. The van der Waals surface area contributed by atoms with Crippen LogP contribution in [0.1, 0.15) is 79.5 Å². The molecule has 2 aromatic heterocycles. The maximum absolute atomic E-state index is 14.2. The highest BCUT2D eigenvalue weighted by Crippen LogP contribution is 2.44. The van der Waals surface area contributed by atoms with E-state index < -0.39 is 11.7 Å². The Kier molecular flexibility index (Phi) is 5.90. The lowest BCUT2D eigenvalue weighted by molar-refractivity contribution is -0.138. The van der Waals surface area contributed by atoms with Crippen LogP contribution in [0, 0.1) is 0 Å². The molecule has 186 valence electrons. The van der Waals surface area contributed by atoms with Crippen LogP contribution in [-0.4, -0.2) is 39.4 Å². The van der Waals surface area contributed by atoms with Gasteiger partial charge in [0.1, 0.15) is 12.1 Å². The molecule has 4 heterocycles. The molecule has 9 heteroatoms. The third-order valence-electron chi connectivity index (χ3n) is 7.81. The summed E-state index contributed by atoms with van der Waals surface area (Å²) in [5.41, 5.74) is 2.48. The topological polar surface area (TPSA) is 56.1 Å². The monoisotopic (exact) mass is 485 g/mol. The van der Waals surface area contributed by atoms with Crippen molar-refractivity contribution in [3.05, 3.63) is 47.0 Å². The van der Waals surface area contributed by atoms with Crippen LogP contribution in [0.5, 0.6) is 0 Å². The molecule has 2 fully saturated rings. The van der Waals surface area contributed by atoms with Crippen molar-refractivity contribution in [1.29, 1.82) is 0 Å². The fourth-order valence-electron chi connectivity index (χ4n) is 6.12. The lowest BCUT2D eigenvalue weighted by atomic mass is 9.79. The molecule has 1 aliphatic carbocycles. The molecule has 0 radical (unpaired) electrons. The minimum atomic E-state index is -4.43. The van der Waals surface area contributed by atoms with Crippen LogP contribution in [0.2, 0.25) is 0 Å². The molecule has 2 saturated heterocycles. The summed E-state index contributed by atoms with van der Waals surface area (Å²) in [6, 6.07) is 2.79. The molecule has 0 bridgehead atoms. The van der Waals surface area contributed by atoms with Crippen molar-refractivity contribution in [2.24, 2.45) is 0 Å². The van der Waals surface area contributed by atoms with Gasteiger partial charge in [-0.15, -0.1) is 0 Å². The Morgan fingerprint density at radius 2 is 1.83 bits per heavy atom. The summed E-state index contributed by atoms with van der Waals surface area (Å²) in [5, 5.41) is 5.09. The highest BCUT2D eigenvalue weighted by Gasteiger charge is 2.38. The third kappa shape index (κ3) is 4.17. The number of aromatic nitrogens is 4. The van der Waals surface area contributed by atoms with E-state index in [1.54, 1.807) is 23.3 Å². The Morgan fingerprint density at radius 1 is 0.971 bits per heavy atom. The van der Waals surface area contributed by atoms with Gasteiger partial charge in [-0.3, -0.25) is 0 Å². The zero-order valence-corrected chi connectivity index (χ0v) is 19.7. The largest absolute Gasteiger partial charge is 0.416 e. The van der Waals surface area contributed by atoms with E-state index in [2.05, 4.69) is 20.0 Å². The first kappa shape index (κ1) is 22.8. The molecule has 35 heavy (non-hydrogen) atoms. The fraction of sp³-hybridized carbons (Fsp3) is 0.577. The Hall–Kier alpha value is -2.68. The van der Waals surface area contributed by atoms with Crippen LogP contribution in [-0.2, 0) is 23.8 Å². The van der Waals surface area contributed by atoms with Crippen molar-refractivity contribution >= 4 is 16.7 Å². The molecule has 0 spiro atoms. The van der Waals surface area contributed by atoms with Crippen molar-refractivity contribution in [1.82, 2.24) is 19.7 Å². The first-order chi connectivity index (χ1) is 17.0. The van der Waals surface area contributed by atoms with Gasteiger partial charge < -0.3 is 9.64 Å². The number of halogens is 3. The Balaban J connectivity index is 1.40. The molecular weight excluding hydrogens is 455 g/mol. The van der Waals surface area contributed by atoms with Crippen molar-refractivity contribution in [3.63, 3.8) is 0 Å². The first-order valence-electron chi connectivity index (χ1n) is 12.8. The molecule has 1 aromatic carbocycles. The second kappa shape index (κ2) is 9.08. The second-order valence-electron chi connectivity index (χ2n) is 9.98. The van der Waals surface area contributed by atoms with Crippen LogP contribution >= 0.6 is 0 Å². The summed E-state index contributed by atoms with van der Waals surface area (Å²) in [7, 11) is 0. The van der Waals surface area contributed by atoms with Crippen LogP contribution in [0.4, 0.5) is 19.0 Å². The quantitative estimate of drug-likeness (QED) is 0.469. The van der Waals surface area contributed by atoms with E-state index >= 15 is 0 Å². The zero-order valence-electron chi connectivity index (χ0n) is 19.7. The summed E-state index contributed by atoms with van der Waals surface area (Å²) in [4.78, 5) is 11.4. The number of rotatable bonds is 3. The van der Waals surface area contributed by atoms with Gasteiger partial charge in [0, 0.05) is 36.3 Å². The smallest absolute Gasteiger partial charge is 0.356 e. The van der Waals surface area contributed by atoms with Gasteiger partial charge in [-0.05, 0) is 81.4 Å². The average molecular weight is 486 g/mol. The number of anilines is 1. The van der Waals surface area contributed by atoms with Gasteiger partial charge in [0.05, 0.1) is 17.3 Å². The molecule has 2 unspecified atom stereocenters. The second-order valence-corrected chi connectivity index (χ2v) is 9.98. The van der Waals surface area contributed by atoms with Gasteiger partial charge >= 0.3 is 6.18 Å². The maximum atomic E-state index is 14.2. The van der Waals surface area contributed by atoms with Gasteiger partial charge in [-0.2, -0.15) is 18.3 Å². The third-order valence-corrected chi connectivity index (χ3v) is 7.81. The molecule has 2 aliphatic heterocycles. The van der Waals surface area contributed by atoms with E-state index in [9.17, 15) is 13.2 Å². The number of benzene rings is 1. The molecule has 0 saturated carbocycles. The minimum absolute atomic E-state index is 0.224. The van der Waals surface area contributed by atoms with Gasteiger partial charge in [-0.1, -0.05) is 0 Å². The standard InChI is InChI=1S/C26H30F3N5O/c27-26(28,29)20-9-10-22-19(15-32-34(22)23-6-2-5-13-35-23)24(20)17-7-8-18-21(14-17)30-16-31-25(18)33-11-3-1-4-12-33/h9-10,15-17,23H,1-8,11-14H2. The van der Waals surface area contributed by atoms with E-state index in [0.717, 1.165) is 62.3 Å². The van der Waals surface area contributed by atoms with E-state index in [-0.39, 0.29) is 12.1 Å². The summed E-state index contributed by atoms with van der Waals surface area (Å²) in [6.07, 6.45) is 6.69. The molecule has 6 rings (SSSR count). The Morgan fingerprint density at radius 3 is 2.60 bits per heavy atom. The fourth-order valence-corrected chi connectivity index (χ4v) is 6.12. The summed E-state index contributed by atoms with van der Waals surface area (Å²) < 4.78 is 50.3. The van der Waals surface area contributed by atoms with E-state index in [1.165, 1.54) is 12.5 Å². The molecule has 3 aromatic rings. The number of hydrogen-bond acceptors (Lipinski definition) is 5. The van der Waals surface area contributed by atoms with E-state index in [1.807, 2.05) is 0 Å². The van der Waals surface area contributed by atoms with Crippen molar-refractivity contribution in [2.75, 3.05) is 24.6 Å². The molecular formula is C26H30F3N5O. The Labute approximate surface area is 202 Å². The predicted octanol–water partition coefficient (Wildman–Crippen LogP) is 5.81. The number of hydrogen-bond donors (Lipinski definition) is 0. The van der Waals surface area contributed by atoms with Crippen molar-refractivity contribution in [2.45, 2.75) is 76.1 Å². The predicted molar refractivity (Wildman–Crippen MR) is 126 cm³/mol. The van der Waals surface area contributed by atoms with E-state index in [0.29, 0.717) is 42.3 Å². The summed E-state index contributed by atoms with van der Waals surface area (Å²) >= 11 is 0. The van der Waals surface area contributed by atoms with E-state index in [4.69, 9.17) is 4.74 Å². The number of fused-ring (bicyclic) bond motifs is 2. The van der Waals surface area contributed by atoms with Crippen LogP contribution < -0.4 is 4.90 Å². The van der Waals surface area contributed by atoms with Gasteiger partial charge in [0.25, 0.3) is 0 Å². The average Bonchev–Trinajstić information content (AvgIpc) is 3.32. The molecule has 6 nitrogen and oxygen atoms in total. The first-order valence-corrected chi connectivity index (χ1v) is 12.8. The number of ether oxygens (including phenoxy) is 1. The number of piperidine rings is 1. The lowest BCUT2D eigenvalue weighted by Crippen LogP contribution is -2.32. The Bertz CT molecular complexity index is 1210. The lowest BCUT2D eigenvalue weighted by Gasteiger charge is -2.33. The molecule has 0 amide bonds. The number of alkyl halides is 3. The van der Waals surface area contributed by atoms with Crippen molar-refractivity contribution in [3.8, 4) is 0 Å². The summed E-state index contributed by atoms with van der Waals surface area (Å²) in [6.45, 7) is 2.61. The molecule has 2 atom stereocenters. The highest BCUT2D eigenvalue weighted by atomic mass is 19.4. The minimum Gasteiger partial charge on any atom is -0.356 e. The van der Waals surface area contributed by atoms with Crippen molar-refractivity contribution < 1.29 is 17.9 Å².